The standard InChI is InChI=1S/C24H23ClF3NO3/c1-13-16(15-6-4-3-5-7-15)12-17(25)14(2)18(13)19-20(30)22(29-21(19)31)8-10-23(32,11-9-22)24(26,27)28/h3-7,12,30,32H,8-11H2,1-2H3,(H,29,31). The molecule has 0 radical (unpaired) electrons. The molecule has 1 saturated carbocycles. The molecule has 0 saturated heterocycles. The van der Waals surface area contributed by atoms with Crippen molar-refractivity contribution >= 4 is 23.1 Å². The maximum Gasteiger partial charge on any atom is 0.417 e. The van der Waals surface area contributed by atoms with Gasteiger partial charge in [-0.05, 0) is 73.4 Å². The highest BCUT2D eigenvalue weighted by Gasteiger charge is 2.60. The van der Waals surface area contributed by atoms with E-state index < -0.39 is 36.1 Å². The molecule has 0 aromatic heterocycles. The third-order valence-electron chi connectivity index (χ3n) is 6.85. The van der Waals surface area contributed by atoms with Crippen molar-refractivity contribution in [1.29, 1.82) is 0 Å². The van der Waals surface area contributed by atoms with Crippen molar-refractivity contribution in [1.82, 2.24) is 5.32 Å². The lowest BCUT2D eigenvalue weighted by Crippen LogP contribution is -2.56. The Morgan fingerprint density at radius 3 is 2.19 bits per heavy atom. The van der Waals surface area contributed by atoms with Gasteiger partial charge in [0.1, 0.15) is 5.76 Å². The fourth-order valence-corrected chi connectivity index (χ4v) is 5.03. The number of rotatable bonds is 2. The van der Waals surface area contributed by atoms with Gasteiger partial charge in [-0.15, -0.1) is 0 Å². The SMILES string of the molecule is Cc1c(Cl)cc(-c2ccccc2)c(C)c1C1=C(O)C2(CCC(O)(C(F)(F)F)CC2)NC1=O. The van der Waals surface area contributed by atoms with Gasteiger partial charge >= 0.3 is 6.18 Å². The summed E-state index contributed by atoms with van der Waals surface area (Å²) in [4.78, 5) is 13.0. The summed E-state index contributed by atoms with van der Waals surface area (Å²) in [5, 5.41) is 24.3. The van der Waals surface area contributed by atoms with E-state index in [0.29, 0.717) is 16.1 Å². The van der Waals surface area contributed by atoms with Crippen LogP contribution < -0.4 is 5.32 Å². The van der Waals surface area contributed by atoms with Crippen molar-refractivity contribution in [3.8, 4) is 11.1 Å². The molecule has 2 aromatic carbocycles. The molecule has 1 aliphatic carbocycles. The largest absolute Gasteiger partial charge is 0.509 e. The van der Waals surface area contributed by atoms with Crippen molar-refractivity contribution in [2.24, 2.45) is 0 Å². The summed E-state index contributed by atoms with van der Waals surface area (Å²) < 4.78 is 39.7. The monoisotopic (exact) mass is 465 g/mol. The first-order valence-electron chi connectivity index (χ1n) is 10.3. The molecule has 8 heteroatoms. The zero-order valence-electron chi connectivity index (χ0n) is 17.6. The molecule has 0 bridgehead atoms. The molecule has 2 aromatic rings. The molecule has 32 heavy (non-hydrogen) atoms. The van der Waals surface area contributed by atoms with Gasteiger partial charge in [-0.2, -0.15) is 13.2 Å². The van der Waals surface area contributed by atoms with Gasteiger partial charge in [-0.3, -0.25) is 4.79 Å². The summed E-state index contributed by atoms with van der Waals surface area (Å²) in [7, 11) is 0. The lowest BCUT2D eigenvalue weighted by Gasteiger charge is -2.42. The maximum atomic E-state index is 13.2. The molecular weight excluding hydrogens is 443 g/mol. The quantitative estimate of drug-likeness (QED) is 0.538. The highest BCUT2D eigenvalue weighted by Crippen LogP contribution is 2.50. The third-order valence-corrected chi connectivity index (χ3v) is 7.24. The van der Waals surface area contributed by atoms with Crippen molar-refractivity contribution in [2.45, 2.75) is 56.8 Å². The molecule has 2 aliphatic rings. The van der Waals surface area contributed by atoms with E-state index in [1.165, 1.54) is 0 Å². The van der Waals surface area contributed by atoms with Crippen molar-refractivity contribution < 1.29 is 28.2 Å². The van der Waals surface area contributed by atoms with E-state index in [-0.39, 0.29) is 24.2 Å². The number of halogens is 4. The van der Waals surface area contributed by atoms with E-state index in [1.54, 1.807) is 13.0 Å². The van der Waals surface area contributed by atoms with Crippen LogP contribution in [0.4, 0.5) is 13.2 Å². The summed E-state index contributed by atoms with van der Waals surface area (Å²) in [6.45, 7) is 3.56. The van der Waals surface area contributed by atoms with Gasteiger partial charge in [0, 0.05) is 5.02 Å². The maximum absolute atomic E-state index is 13.2. The second kappa shape index (κ2) is 7.52. The Hall–Kier alpha value is -2.51. The smallest absolute Gasteiger partial charge is 0.417 e. The van der Waals surface area contributed by atoms with E-state index >= 15 is 0 Å². The summed E-state index contributed by atoms with van der Waals surface area (Å²) in [6.07, 6.45) is -6.46. The Bertz CT molecular complexity index is 1120. The average Bonchev–Trinajstić information content (AvgIpc) is 2.97. The summed E-state index contributed by atoms with van der Waals surface area (Å²) in [5.41, 5.74) is -0.659. The van der Waals surface area contributed by atoms with Crippen molar-refractivity contribution in [3.05, 3.63) is 63.9 Å². The van der Waals surface area contributed by atoms with Gasteiger partial charge in [0.25, 0.3) is 5.91 Å². The Labute approximate surface area is 188 Å². The van der Waals surface area contributed by atoms with E-state index in [4.69, 9.17) is 11.6 Å². The van der Waals surface area contributed by atoms with Crippen molar-refractivity contribution in [3.63, 3.8) is 0 Å². The fraction of sp³-hybridized carbons (Fsp3) is 0.375. The Morgan fingerprint density at radius 1 is 1.03 bits per heavy atom. The number of aliphatic hydroxyl groups excluding tert-OH is 1. The van der Waals surface area contributed by atoms with E-state index in [2.05, 4.69) is 5.32 Å². The van der Waals surface area contributed by atoms with Gasteiger partial charge in [0.2, 0.25) is 0 Å². The second-order valence-corrected chi connectivity index (χ2v) is 9.09. The highest BCUT2D eigenvalue weighted by atomic mass is 35.5. The number of amides is 1. The number of benzene rings is 2. The third kappa shape index (κ3) is 3.39. The van der Waals surface area contributed by atoms with E-state index in [1.807, 2.05) is 37.3 Å². The molecule has 1 spiro atoms. The topological polar surface area (TPSA) is 69.6 Å². The average molecular weight is 466 g/mol. The Balaban J connectivity index is 1.82. The van der Waals surface area contributed by atoms with Crippen LogP contribution in [-0.4, -0.2) is 33.4 Å². The van der Waals surface area contributed by atoms with Crippen LogP contribution >= 0.6 is 11.6 Å². The molecule has 1 aliphatic heterocycles. The Morgan fingerprint density at radius 2 is 1.62 bits per heavy atom. The zero-order chi connectivity index (χ0) is 23.5. The van der Waals surface area contributed by atoms with Crippen LogP contribution in [0.15, 0.2) is 42.2 Å². The first kappa shape index (κ1) is 22.7. The number of hydrogen-bond acceptors (Lipinski definition) is 3. The predicted octanol–water partition coefficient (Wildman–Crippen LogP) is 5.63. The molecule has 3 N–H and O–H groups in total. The van der Waals surface area contributed by atoms with Crippen LogP contribution in [0, 0.1) is 13.8 Å². The molecule has 1 fully saturated rings. The molecule has 0 atom stereocenters. The number of carbonyl (C=O) groups excluding carboxylic acids is 1. The van der Waals surface area contributed by atoms with Gasteiger partial charge in [-0.1, -0.05) is 41.9 Å². The number of nitrogens with one attached hydrogen (secondary N) is 1. The summed E-state index contributed by atoms with van der Waals surface area (Å²) in [6, 6.07) is 11.2. The molecule has 1 heterocycles. The number of alkyl halides is 3. The molecule has 170 valence electrons. The molecule has 1 amide bonds. The van der Waals surface area contributed by atoms with Crippen LogP contribution in [0.25, 0.3) is 16.7 Å². The Kier molecular flexibility index (Phi) is 5.33. The highest BCUT2D eigenvalue weighted by molar-refractivity contribution is 6.33. The van der Waals surface area contributed by atoms with Crippen LogP contribution in [0.1, 0.15) is 42.4 Å². The van der Waals surface area contributed by atoms with Crippen LogP contribution in [0.2, 0.25) is 5.02 Å². The van der Waals surface area contributed by atoms with Crippen LogP contribution in [-0.2, 0) is 4.79 Å². The molecular formula is C24H23ClF3NO3. The number of aliphatic hydroxyl groups is 2. The summed E-state index contributed by atoms with van der Waals surface area (Å²) >= 11 is 6.49. The second-order valence-electron chi connectivity index (χ2n) is 8.69. The molecule has 4 nitrogen and oxygen atoms in total. The van der Waals surface area contributed by atoms with E-state index in [0.717, 1.165) is 16.7 Å². The van der Waals surface area contributed by atoms with Crippen molar-refractivity contribution in [2.75, 3.05) is 0 Å². The number of hydrogen-bond donors (Lipinski definition) is 3. The van der Waals surface area contributed by atoms with Gasteiger partial charge in [0.15, 0.2) is 5.60 Å². The lowest BCUT2D eigenvalue weighted by atomic mass is 9.73. The van der Waals surface area contributed by atoms with Gasteiger partial charge in [0.05, 0.1) is 11.1 Å². The van der Waals surface area contributed by atoms with E-state index in [9.17, 15) is 28.2 Å². The normalized spacial score (nSPS) is 26.0. The molecule has 4 rings (SSSR count). The first-order valence-corrected chi connectivity index (χ1v) is 10.7. The summed E-state index contributed by atoms with van der Waals surface area (Å²) in [5.74, 6) is -0.855. The minimum Gasteiger partial charge on any atom is -0.509 e. The minimum atomic E-state index is -4.77. The van der Waals surface area contributed by atoms with Gasteiger partial charge in [-0.25, -0.2) is 0 Å². The first-order chi connectivity index (χ1) is 14.9. The zero-order valence-corrected chi connectivity index (χ0v) is 18.4. The minimum absolute atomic E-state index is 0.0251. The number of carbonyl (C=O) groups is 1. The lowest BCUT2D eigenvalue weighted by molar-refractivity contribution is -0.272. The predicted molar refractivity (Wildman–Crippen MR) is 116 cm³/mol. The molecule has 0 unspecified atom stereocenters. The van der Waals surface area contributed by atoms with Gasteiger partial charge < -0.3 is 15.5 Å². The van der Waals surface area contributed by atoms with Crippen LogP contribution in [0.5, 0.6) is 0 Å². The fourth-order valence-electron chi connectivity index (χ4n) is 4.82. The van der Waals surface area contributed by atoms with Crippen LogP contribution in [0.3, 0.4) is 0 Å².